The van der Waals surface area contributed by atoms with Gasteiger partial charge in [-0.25, -0.2) is 8.78 Å². The molecule has 0 heterocycles. The summed E-state index contributed by atoms with van der Waals surface area (Å²) >= 11 is 0. The van der Waals surface area contributed by atoms with Crippen molar-refractivity contribution in [3.8, 4) is 0 Å². The Morgan fingerprint density at radius 1 is 1.08 bits per heavy atom. The monoisotopic (exact) mass is 190 g/mol. The Hall–Kier alpha value is -0.350. The van der Waals surface area contributed by atoms with Crippen molar-refractivity contribution in [1.82, 2.24) is 0 Å². The standard InChI is InChI=1S/C7H11F5/c1-5(2-3-6(8)9)4-7(10,11)12/h5-6H,2-4H2,1H3. The van der Waals surface area contributed by atoms with Crippen molar-refractivity contribution < 1.29 is 22.0 Å². The summed E-state index contributed by atoms with van der Waals surface area (Å²) in [4.78, 5) is 0. The Morgan fingerprint density at radius 2 is 1.58 bits per heavy atom. The van der Waals surface area contributed by atoms with Crippen molar-refractivity contribution >= 4 is 0 Å². The van der Waals surface area contributed by atoms with Crippen molar-refractivity contribution in [2.45, 2.75) is 38.8 Å². The summed E-state index contributed by atoms with van der Waals surface area (Å²) in [7, 11) is 0. The van der Waals surface area contributed by atoms with Crippen molar-refractivity contribution in [3.05, 3.63) is 0 Å². The van der Waals surface area contributed by atoms with Gasteiger partial charge >= 0.3 is 6.18 Å². The lowest BCUT2D eigenvalue weighted by molar-refractivity contribution is -0.144. The summed E-state index contributed by atoms with van der Waals surface area (Å²) in [5.41, 5.74) is 0. The predicted octanol–water partition coefficient (Wildman–Crippen LogP) is 3.62. The van der Waals surface area contributed by atoms with E-state index in [4.69, 9.17) is 0 Å². The van der Waals surface area contributed by atoms with Crippen LogP contribution in [0.25, 0.3) is 0 Å². The highest BCUT2D eigenvalue weighted by Crippen LogP contribution is 2.27. The highest BCUT2D eigenvalue weighted by atomic mass is 19.4. The second kappa shape index (κ2) is 4.62. The molecule has 0 spiro atoms. The quantitative estimate of drug-likeness (QED) is 0.594. The highest BCUT2D eigenvalue weighted by molar-refractivity contribution is 4.60. The lowest BCUT2D eigenvalue weighted by Crippen LogP contribution is -2.13. The van der Waals surface area contributed by atoms with Gasteiger partial charge in [-0.3, -0.25) is 0 Å². The first-order valence-electron chi connectivity index (χ1n) is 3.66. The Bertz CT molecular complexity index is 117. The molecule has 0 aromatic carbocycles. The molecule has 5 heteroatoms. The van der Waals surface area contributed by atoms with Crippen LogP contribution in [0.3, 0.4) is 0 Å². The molecule has 0 aliphatic heterocycles. The molecule has 12 heavy (non-hydrogen) atoms. The molecule has 0 saturated carbocycles. The van der Waals surface area contributed by atoms with Gasteiger partial charge in [0.1, 0.15) is 0 Å². The fourth-order valence-corrected chi connectivity index (χ4v) is 0.908. The van der Waals surface area contributed by atoms with Crippen LogP contribution in [0.15, 0.2) is 0 Å². The molecule has 0 amide bonds. The van der Waals surface area contributed by atoms with Gasteiger partial charge in [0.2, 0.25) is 6.43 Å². The molecule has 0 rings (SSSR count). The third-order valence-corrected chi connectivity index (χ3v) is 1.46. The molecule has 74 valence electrons. The van der Waals surface area contributed by atoms with Gasteiger partial charge in [-0.2, -0.15) is 13.2 Å². The first kappa shape index (κ1) is 11.6. The SMILES string of the molecule is CC(CCC(F)F)CC(F)(F)F. The molecule has 0 bridgehead atoms. The summed E-state index contributed by atoms with van der Waals surface area (Å²) in [6, 6.07) is 0. The molecule has 0 N–H and O–H groups in total. The molecular weight excluding hydrogens is 179 g/mol. The van der Waals surface area contributed by atoms with Crippen LogP contribution in [-0.4, -0.2) is 12.6 Å². The zero-order valence-electron chi connectivity index (χ0n) is 6.67. The second-order valence-electron chi connectivity index (χ2n) is 2.89. The van der Waals surface area contributed by atoms with Gasteiger partial charge in [0, 0.05) is 12.8 Å². The van der Waals surface area contributed by atoms with Crippen LogP contribution in [0, 0.1) is 5.92 Å². The van der Waals surface area contributed by atoms with Crippen LogP contribution in [0.4, 0.5) is 22.0 Å². The Balaban J connectivity index is 3.53. The molecule has 1 atom stereocenters. The summed E-state index contributed by atoms with van der Waals surface area (Å²) in [6.07, 6.45) is -8.23. The summed E-state index contributed by atoms with van der Waals surface area (Å²) in [5, 5.41) is 0. The maximum Gasteiger partial charge on any atom is 0.389 e. The van der Waals surface area contributed by atoms with Crippen molar-refractivity contribution in [2.75, 3.05) is 0 Å². The average molecular weight is 190 g/mol. The molecule has 0 aliphatic carbocycles. The first-order valence-corrected chi connectivity index (χ1v) is 3.66. The molecule has 0 aromatic rings. The third kappa shape index (κ3) is 7.75. The maximum absolute atomic E-state index is 11.6. The topological polar surface area (TPSA) is 0 Å². The van der Waals surface area contributed by atoms with Gasteiger partial charge < -0.3 is 0 Å². The van der Waals surface area contributed by atoms with Crippen LogP contribution in [0.1, 0.15) is 26.2 Å². The van der Waals surface area contributed by atoms with Gasteiger partial charge in [0.25, 0.3) is 0 Å². The minimum atomic E-state index is -4.23. The van der Waals surface area contributed by atoms with Gasteiger partial charge in [-0.05, 0) is 12.3 Å². The predicted molar refractivity (Wildman–Crippen MR) is 35.1 cm³/mol. The fraction of sp³-hybridized carbons (Fsp3) is 1.00. The minimum absolute atomic E-state index is 0.0722. The molecule has 0 fully saturated rings. The number of hydrogen-bond acceptors (Lipinski definition) is 0. The van der Waals surface area contributed by atoms with Crippen LogP contribution >= 0.6 is 0 Å². The second-order valence-corrected chi connectivity index (χ2v) is 2.89. The van der Waals surface area contributed by atoms with Crippen molar-refractivity contribution in [3.63, 3.8) is 0 Å². The molecule has 0 aliphatic rings. The van der Waals surface area contributed by atoms with E-state index in [0.717, 1.165) is 0 Å². The van der Waals surface area contributed by atoms with Gasteiger partial charge in [0.05, 0.1) is 0 Å². The van der Waals surface area contributed by atoms with Crippen LogP contribution in [0.2, 0.25) is 0 Å². The van der Waals surface area contributed by atoms with E-state index in [9.17, 15) is 22.0 Å². The fourth-order valence-electron chi connectivity index (χ4n) is 0.908. The summed E-state index contributed by atoms with van der Waals surface area (Å²) < 4.78 is 58.0. The average Bonchev–Trinajstić information content (AvgIpc) is 1.79. The molecule has 0 aromatic heterocycles. The lowest BCUT2D eigenvalue weighted by Gasteiger charge is -2.12. The summed E-state index contributed by atoms with van der Waals surface area (Å²) in [6.45, 7) is 1.33. The smallest absolute Gasteiger partial charge is 0.211 e. The Labute approximate surface area is 67.8 Å². The number of rotatable bonds is 4. The molecule has 0 nitrogen and oxygen atoms in total. The van der Waals surface area contributed by atoms with Gasteiger partial charge in [0.15, 0.2) is 0 Å². The lowest BCUT2D eigenvalue weighted by atomic mass is 10.0. The largest absolute Gasteiger partial charge is 0.389 e. The zero-order chi connectivity index (χ0) is 9.78. The van der Waals surface area contributed by atoms with Gasteiger partial charge in [-0.15, -0.1) is 0 Å². The minimum Gasteiger partial charge on any atom is -0.211 e. The van der Waals surface area contributed by atoms with Crippen molar-refractivity contribution in [2.24, 2.45) is 5.92 Å². The van der Waals surface area contributed by atoms with Crippen molar-refractivity contribution in [1.29, 1.82) is 0 Å². The number of halogens is 5. The normalized spacial score (nSPS) is 15.2. The summed E-state index contributed by atoms with van der Waals surface area (Å²) in [5.74, 6) is -0.709. The third-order valence-electron chi connectivity index (χ3n) is 1.46. The first-order chi connectivity index (χ1) is 5.31. The number of alkyl halides is 5. The van der Waals surface area contributed by atoms with E-state index in [2.05, 4.69) is 0 Å². The zero-order valence-corrected chi connectivity index (χ0v) is 6.67. The Kier molecular flexibility index (Phi) is 4.49. The van der Waals surface area contributed by atoms with Crippen LogP contribution in [-0.2, 0) is 0 Å². The van der Waals surface area contributed by atoms with E-state index in [1.54, 1.807) is 0 Å². The van der Waals surface area contributed by atoms with E-state index in [-0.39, 0.29) is 6.42 Å². The van der Waals surface area contributed by atoms with E-state index >= 15 is 0 Å². The van der Waals surface area contributed by atoms with E-state index in [0.29, 0.717) is 0 Å². The van der Waals surface area contributed by atoms with E-state index < -0.39 is 31.4 Å². The highest BCUT2D eigenvalue weighted by Gasteiger charge is 2.29. The number of hydrogen-bond donors (Lipinski definition) is 0. The van der Waals surface area contributed by atoms with E-state index in [1.165, 1.54) is 6.92 Å². The van der Waals surface area contributed by atoms with Gasteiger partial charge in [-0.1, -0.05) is 6.92 Å². The molecular formula is C7H11F5. The molecule has 1 unspecified atom stereocenters. The van der Waals surface area contributed by atoms with E-state index in [1.807, 2.05) is 0 Å². The van der Waals surface area contributed by atoms with Crippen LogP contribution < -0.4 is 0 Å². The maximum atomic E-state index is 11.6. The molecule has 0 radical (unpaired) electrons. The Morgan fingerprint density at radius 3 is 1.92 bits per heavy atom. The molecule has 0 saturated heterocycles. The van der Waals surface area contributed by atoms with Crippen LogP contribution in [0.5, 0.6) is 0 Å².